The highest BCUT2D eigenvalue weighted by Gasteiger charge is 2.39. The molecule has 0 bridgehead atoms. The van der Waals surface area contributed by atoms with E-state index in [1.807, 2.05) is 17.0 Å². The lowest BCUT2D eigenvalue weighted by molar-refractivity contribution is 0.0687. The summed E-state index contributed by atoms with van der Waals surface area (Å²) in [5.74, 6) is 1.28. The Bertz CT molecular complexity index is 515. The highest BCUT2D eigenvalue weighted by molar-refractivity contribution is 5.99. The fourth-order valence-corrected chi connectivity index (χ4v) is 3.76. The van der Waals surface area contributed by atoms with Gasteiger partial charge < -0.3 is 15.4 Å². The Morgan fingerprint density at radius 3 is 2.90 bits per heavy atom. The molecule has 1 aliphatic carbocycles. The molecule has 4 nitrogen and oxygen atoms in total. The van der Waals surface area contributed by atoms with E-state index in [-0.39, 0.29) is 5.91 Å². The number of anilines is 1. The molecule has 0 radical (unpaired) electrons. The van der Waals surface area contributed by atoms with Crippen molar-refractivity contribution in [2.45, 2.75) is 38.1 Å². The van der Waals surface area contributed by atoms with E-state index in [0.29, 0.717) is 29.0 Å². The molecule has 20 heavy (non-hydrogen) atoms. The zero-order valence-electron chi connectivity index (χ0n) is 12.0. The Kier molecular flexibility index (Phi) is 3.55. The molecule has 2 unspecified atom stereocenters. The van der Waals surface area contributed by atoms with Crippen molar-refractivity contribution in [1.82, 2.24) is 4.90 Å². The SMILES string of the molecule is COc1c(N)cccc1C(=O)N1CCC2CCCCC21. The first-order valence-corrected chi connectivity index (χ1v) is 7.46. The summed E-state index contributed by atoms with van der Waals surface area (Å²) in [6, 6.07) is 5.82. The molecule has 2 N–H and O–H groups in total. The number of rotatable bonds is 2. The van der Waals surface area contributed by atoms with Crippen molar-refractivity contribution in [3.63, 3.8) is 0 Å². The van der Waals surface area contributed by atoms with Crippen LogP contribution in [0, 0.1) is 5.92 Å². The number of benzene rings is 1. The molecule has 0 spiro atoms. The number of para-hydroxylation sites is 1. The van der Waals surface area contributed by atoms with Crippen LogP contribution in [0.3, 0.4) is 0 Å². The molecule has 1 saturated heterocycles. The van der Waals surface area contributed by atoms with Gasteiger partial charge in [0.15, 0.2) is 5.75 Å². The molecule has 1 amide bonds. The minimum Gasteiger partial charge on any atom is -0.494 e. The molecule has 3 rings (SSSR count). The van der Waals surface area contributed by atoms with Gasteiger partial charge in [0.1, 0.15) is 0 Å². The summed E-state index contributed by atoms with van der Waals surface area (Å²) in [6.45, 7) is 0.867. The average Bonchev–Trinajstić information content (AvgIpc) is 2.90. The summed E-state index contributed by atoms with van der Waals surface area (Å²) in [4.78, 5) is 14.9. The van der Waals surface area contributed by atoms with Gasteiger partial charge in [-0.15, -0.1) is 0 Å². The number of carbonyl (C=O) groups excluding carboxylic acids is 1. The second kappa shape index (κ2) is 5.35. The molecule has 1 aromatic carbocycles. The van der Waals surface area contributed by atoms with E-state index < -0.39 is 0 Å². The normalized spacial score (nSPS) is 25.4. The van der Waals surface area contributed by atoms with Crippen molar-refractivity contribution >= 4 is 11.6 Å². The lowest BCUT2D eigenvalue weighted by atomic mass is 9.85. The number of nitrogen functional groups attached to an aromatic ring is 1. The number of nitrogens with two attached hydrogens (primary N) is 1. The topological polar surface area (TPSA) is 55.6 Å². The zero-order valence-corrected chi connectivity index (χ0v) is 12.0. The van der Waals surface area contributed by atoms with Crippen molar-refractivity contribution in [2.24, 2.45) is 5.92 Å². The van der Waals surface area contributed by atoms with Crippen LogP contribution in [0.1, 0.15) is 42.5 Å². The number of methoxy groups -OCH3 is 1. The minimum atomic E-state index is 0.0727. The Morgan fingerprint density at radius 2 is 2.10 bits per heavy atom. The summed E-state index contributed by atoms with van der Waals surface area (Å²) >= 11 is 0. The van der Waals surface area contributed by atoms with E-state index in [1.165, 1.54) is 19.3 Å². The predicted molar refractivity (Wildman–Crippen MR) is 78.8 cm³/mol. The molecule has 1 saturated carbocycles. The number of likely N-dealkylation sites (tertiary alicyclic amines) is 1. The monoisotopic (exact) mass is 274 g/mol. The first-order valence-electron chi connectivity index (χ1n) is 7.46. The van der Waals surface area contributed by atoms with Crippen molar-refractivity contribution in [3.05, 3.63) is 23.8 Å². The lowest BCUT2D eigenvalue weighted by Crippen LogP contribution is -2.39. The highest BCUT2D eigenvalue weighted by Crippen LogP contribution is 2.38. The first-order chi connectivity index (χ1) is 9.72. The van der Waals surface area contributed by atoms with E-state index in [4.69, 9.17) is 10.5 Å². The minimum absolute atomic E-state index is 0.0727. The van der Waals surface area contributed by atoms with Crippen LogP contribution < -0.4 is 10.5 Å². The van der Waals surface area contributed by atoms with Crippen LogP contribution in [0.25, 0.3) is 0 Å². The molecular weight excluding hydrogens is 252 g/mol. The van der Waals surface area contributed by atoms with Crippen LogP contribution in [0.5, 0.6) is 5.75 Å². The summed E-state index contributed by atoms with van der Waals surface area (Å²) in [5, 5.41) is 0. The van der Waals surface area contributed by atoms with Crippen LogP contribution >= 0.6 is 0 Å². The first kappa shape index (κ1) is 13.3. The Labute approximate surface area is 119 Å². The number of fused-ring (bicyclic) bond motifs is 1. The molecule has 0 aromatic heterocycles. The maximum atomic E-state index is 12.8. The van der Waals surface area contributed by atoms with Crippen molar-refractivity contribution < 1.29 is 9.53 Å². The third-order valence-electron chi connectivity index (χ3n) is 4.75. The van der Waals surface area contributed by atoms with E-state index in [2.05, 4.69) is 0 Å². The highest BCUT2D eigenvalue weighted by atomic mass is 16.5. The molecule has 108 valence electrons. The van der Waals surface area contributed by atoms with Crippen LogP contribution in [0.15, 0.2) is 18.2 Å². The molecule has 4 heteroatoms. The lowest BCUT2D eigenvalue weighted by Gasteiger charge is -2.32. The predicted octanol–water partition coefficient (Wildman–Crippen LogP) is 2.68. The maximum Gasteiger partial charge on any atom is 0.257 e. The van der Waals surface area contributed by atoms with Gasteiger partial charge in [-0.05, 0) is 37.3 Å². The average molecular weight is 274 g/mol. The Balaban J connectivity index is 1.88. The molecule has 2 aliphatic rings. The standard InChI is InChI=1S/C16H22N2O2/c1-20-15-12(6-4-7-13(15)17)16(19)18-10-9-11-5-2-3-8-14(11)18/h4,6-7,11,14H,2-3,5,8-10,17H2,1H3. The Morgan fingerprint density at radius 1 is 1.30 bits per heavy atom. The number of amides is 1. The maximum absolute atomic E-state index is 12.8. The number of hydrogen-bond donors (Lipinski definition) is 1. The zero-order chi connectivity index (χ0) is 14.1. The Hall–Kier alpha value is -1.71. The van der Waals surface area contributed by atoms with Gasteiger partial charge in [0.2, 0.25) is 0 Å². The summed E-state index contributed by atoms with van der Waals surface area (Å²) in [7, 11) is 1.57. The van der Waals surface area contributed by atoms with Crippen LogP contribution in [0.2, 0.25) is 0 Å². The van der Waals surface area contributed by atoms with Gasteiger partial charge in [-0.3, -0.25) is 4.79 Å². The molecular formula is C16H22N2O2. The van der Waals surface area contributed by atoms with E-state index in [0.717, 1.165) is 19.4 Å². The van der Waals surface area contributed by atoms with Crippen LogP contribution in [0.4, 0.5) is 5.69 Å². The molecule has 1 aromatic rings. The van der Waals surface area contributed by atoms with Crippen molar-refractivity contribution in [1.29, 1.82) is 0 Å². The van der Waals surface area contributed by atoms with Gasteiger partial charge in [-0.2, -0.15) is 0 Å². The van der Waals surface area contributed by atoms with E-state index in [1.54, 1.807) is 13.2 Å². The summed E-state index contributed by atoms with van der Waals surface area (Å²) in [6.07, 6.45) is 6.09. The quantitative estimate of drug-likeness (QED) is 0.844. The van der Waals surface area contributed by atoms with E-state index >= 15 is 0 Å². The van der Waals surface area contributed by atoms with Gasteiger partial charge in [0.25, 0.3) is 5.91 Å². The second-order valence-corrected chi connectivity index (χ2v) is 5.83. The van der Waals surface area contributed by atoms with Gasteiger partial charge in [0, 0.05) is 12.6 Å². The molecule has 2 atom stereocenters. The van der Waals surface area contributed by atoms with Gasteiger partial charge in [0.05, 0.1) is 18.4 Å². The fourth-order valence-electron chi connectivity index (χ4n) is 3.76. The number of nitrogens with zero attached hydrogens (tertiary/aromatic N) is 1. The number of carbonyl (C=O) groups is 1. The number of hydrogen-bond acceptors (Lipinski definition) is 3. The van der Waals surface area contributed by atoms with Crippen molar-refractivity contribution in [3.8, 4) is 5.75 Å². The summed E-state index contributed by atoms with van der Waals surface area (Å²) in [5.41, 5.74) is 7.03. The fraction of sp³-hybridized carbons (Fsp3) is 0.562. The van der Waals surface area contributed by atoms with Gasteiger partial charge in [-0.25, -0.2) is 0 Å². The van der Waals surface area contributed by atoms with Crippen LogP contribution in [-0.4, -0.2) is 30.5 Å². The third-order valence-corrected chi connectivity index (χ3v) is 4.75. The largest absolute Gasteiger partial charge is 0.494 e. The molecule has 2 fully saturated rings. The van der Waals surface area contributed by atoms with Crippen LogP contribution in [-0.2, 0) is 0 Å². The third kappa shape index (κ3) is 2.13. The summed E-state index contributed by atoms with van der Waals surface area (Å²) < 4.78 is 5.32. The second-order valence-electron chi connectivity index (χ2n) is 5.83. The van der Waals surface area contributed by atoms with Gasteiger partial charge in [-0.1, -0.05) is 18.9 Å². The smallest absolute Gasteiger partial charge is 0.257 e. The van der Waals surface area contributed by atoms with Crippen molar-refractivity contribution in [2.75, 3.05) is 19.4 Å². The molecule has 1 aliphatic heterocycles. The van der Waals surface area contributed by atoms with E-state index in [9.17, 15) is 4.79 Å². The molecule has 1 heterocycles. The number of ether oxygens (including phenoxy) is 1. The van der Waals surface area contributed by atoms with Gasteiger partial charge >= 0.3 is 0 Å².